The van der Waals surface area contributed by atoms with Gasteiger partial charge in [0.2, 0.25) is 0 Å². The Morgan fingerprint density at radius 3 is 2.61 bits per heavy atom. The molecule has 114 valence electrons. The van der Waals surface area contributed by atoms with Crippen molar-refractivity contribution in [3.05, 3.63) is 45.3 Å². The second-order valence-electron chi connectivity index (χ2n) is 6.27. The fourth-order valence-electron chi connectivity index (χ4n) is 3.85. The Morgan fingerprint density at radius 2 is 2.04 bits per heavy atom. The minimum Gasteiger partial charge on any atom is -0.399 e. The second-order valence-corrected chi connectivity index (χ2v) is 7.25. The van der Waals surface area contributed by atoms with E-state index in [0.717, 1.165) is 23.3 Å². The Balaban J connectivity index is 2.33. The molecule has 2 N–H and O–H groups in total. The topological polar surface area (TPSA) is 97.4 Å². The lowest BCUT2D eigenvalue weighted by atomic mass is 9.57. The van der Waals surface area contributed by atoms with E-state index in [0.29, 0.717) is 11.5 Å². The molecule has 0 fully saturated rings. The van der Waals surface area contributed by atoms with Gasteiger partial charge in [0.05, 0.1) is 23.4 Å². The van der Waals surface area contributed by atoms with Crippen molar-refractivity contribution in [3.8, 4) is 18.2 Å². The first-order valence-electron chi connectivity index (χ1n) is 7.55. The van der Waals surface area contributed by atoms with Crippen LogP contribution in [0.4, 0.5) is 0 Å². The summed E-state index contributed by atoms with van der Waals surface area (Å²) < 4.78 is 0. The normalized spacial score (nSPS) is 28.8. The lowest BCUT2D eigenvalue weighted by molar-refractivity contribution is 0.287. The van der Waals surface area contributed by atoms with E-state index in [9.17, 15) is 15.8 Å². The van der Waals surface area contributed by atoms with Crippen molar-refractivity contribution >= 4 is 11.3 Å². The van der Waals surface area contributed by atoms with Gasteiger partial charge in [-0.3, -0.25) is 0 Å². The molecule has 0 unspecified atom stereocenters. The number of allylic oxidation sites excluding steroid dienone is 4. The van der Waals surface area contributed by atoms with Crippen LogP contribution in [0, 0.1) is 51.2 Å². The third kappa shape index (κ3) is 2.07. The molecule has 5 heteroatoms. The Morgan fingerprint density at radius 1 is 1.30 bits per heavy atom. The van der Waals surface area contributed by atoms with Gasteiger partial charge in [-0.25, -0.2) is 0 Å². The van der Waals surface area contributed by atoms with E-state index in [1.807, 2.05) is 17.5 Å². The molecule has 3 atom stereocenters. The van der Waals surface area contributed by atoms with E-state index in [-0.39, 0.29) is 17.5 Å². The van der Waals surface area contributed by atoms with Crippen molar-refractivity contribution in [2.75, 3.05) is 0 Å². The average Bonchev–Trinajstić information content (AvgIpc) is 3.08. The summed E-state index contributed by atoms with van der Waals surface area (Å²) in [5.74, 6) is 0.128. The van der Waals surface area contributed by atoms with Gasteiger partial charge in [-0.05, 0) is 41.7 Å². The lowest BCUT2D eigenvalue weighted by Crippen LogP contribution is -2.43. The van der Waals surface area contributed by atoms with Crippen molar-refractivity contribution in [2.24, 2.45) is 23.0 Å². The molecule has 1 aromatic heterocycles. The van der Waals surface area contributed by atoms with Crippen LogP contribution < -0.4 is 5.73 Å². The molecule has 1 aromatic rings. The molecule has 0 saturated heterocycles. The Kier molecular flexibility index (Phi) is 3.72. The molecule has 2 aliphatic carbocycles. The predicted octanol–water partition coefficient (Wildman–Crippen LogP) is 3.59. The third-order valence-electron chi connectivity index (χ3n) is 4.96. The molecule has 0 aliphatic heterocycles. The summed E-state index contributed by atoms with van der Waals surface area (Å²) in [7, 11) is 0. The first kappa shape index (κ1) is 15.3. The monoisotopic (exact) mass is 320 g/mol. The van der Waals surface area contributed by atoms with Gasteiger partial charge in [0.15, 0.2) is 5.41 Å². The van der Waals surface area contributed by atoms with Crippen molar-refractivity contribution in [1.29, 1.82) is 15.8 Å². The van der Waals surface area contributed by atoms with Crippen LogP contribution in [-0.2, 0) is 0 Å². The number of nitrogens with zero attached hydrogens (tertiary/aromatic N) is 3. The fraction of sp³-hybridized carbons (Fsp3) is 0.389. The molecule has 4 nitrogen and oxygen atoms in total. The largest absolute Gasteiger partial charge is 0.399 e. The van der Waals surface area contributed by atoms with Crippen LogP contribution in [0.2, 0.25) is 0 Å². The molecule has 0 spiro atoms. The van der Waals surface area contributed by atoms with Gasteiger partial charge in [0, 0.05) is 10.8 Å². The minimum atomic E-state index is -1.48. The zero-order chi connectivity index (χ0) is 16.6. The highest BCUT2D eigenvalue weighted by Gasteiger charge is 2.54. The number of rotatable bonds is 1. The summed E-state index contributed by atoms with van der Waals surface area (Å²) in [6.07, 6.45) is 3.83. The SMILES string of the molecule is C[C@@H]1CC=C2C(C#N)=C(N)C(C#N)(C#N)[C@H](c3cccs3)[C@@H]2C1. The summed E-state index contributed by atoms with van der Waals surface area (Å²) in [5, 5.41) is 31.2. The second kappa shape index (κ2) is 5.58. The molecule has 0 radical (unpaired) electrons. The van der Waals surface area contributed by atoms with E-state index >= 15 is 0 Å². The van der Waals surface area contributed by atoms with Gasteiger partial charge in [0.1, 0.15) is 6.07 Å². The molecule has 3 rings (SSSR count). The van der Waals surface area contributed by atoms with Crippen molar-refractivity contribution in [3.63, 3.8) is 0 Å². The first-order valence-corrected chi connectivity index (χ1v) is 8.43. The van der Waals surface area contributed by atoms with Gasteiger partial charge in [0.25, 0.3) is 0 Å². The van der Waals surface area contributed by atoms with Crippen LogP contribution in [0.3, 0.4) is 0 Å². The lowest BCUT2D eigenvalue weighted by Gasteiger charge is -2.43. The quantitative estimate of drug-likeness (QED) is 0.855. The smallest absolute Gasteiger partial charge is 0.192 e. The number of hydrogen-bond donors (Lipinski definition) is 1. The van der Waals surface area contributed by atoms with Crippen molar-refractivity contribution in [2.45, 2.75) is 25.7 Å². The summed E-state index contributed by atoms with van der Waals surface area (Å²) in [4.78, 5) is 0.984. The molecule has 23 heavy (non-hydrogen) atoms. The Labute approximate surface area is 139 Å². The number of nitriles is 3. The van der Waals surface area contributed by atoms with Gasteiger partial charge in [-0.1, -0.05) is 19.1 Å². The maximum absolute atomic E-state index is 9.84. The standard InChI is InChI=1S/C18H16N4S/c1-11-4-5-12-13(7-11)16(15-3-2-6-23-15)18(9-20,10-21)17(22)14(12)8-19/h2-3,5-6,11,13,16H,4,7,22H2,1H3/t11-,13-,16+/m1/s1. The minimum absolute atomic E-state index is 0.0151. The number of fused-ring (bicyclic) bond motifs is 1. The van der Waals surface area contributed by atoms with Gasteiger partial charge >= 0.3 is 0 Å². The van der Waals surface area contributed by atoms with Gasteiger partial charge < -0.3 is 5.73 Å². The Bertz CT molecular complexity index is 797. The van der Waals surface area contributed by atoms with Gasteiger partial charge in [-0.15, -0.1) is 11.3 Å². The molecular formula is C18H16N4S. The van der Waals surface area contributed by atoms with Crippen LogP contribution in [0.5, 0.6) is 0 Å². The van der Waals surface area contributed by atoms with Crippen LogP contribution >= 0.6 is 11.3 Å². The molecule has 0 amide bonds. The molecule has 0 bridgehead atoms. The molecular weight excluding hydrogens is 304 g/mol. The first-order chi connectivity index (χ1) is 11.1. The number of thiophene rings is 1. The molecule has 2 aliphatic rings. The maximum atomic E-state index is 9.84. The summed E-state index contributed by atoms with van der Waals surface area (Å²) in [6.45, 7) is 2.16. The highest BCUT2D eigenvalue weighted by molar-refractivity contribution is 7.10. The van der Waals surface area contributed by atoms with Crippen LogP contribution in [0.1, 0.15) is 30.6 Å². The average molecular weight is 320 g/mol. The van der Waals surface area contributed by atoms with E-state index < -0.39 is 5.41 Å². The zero-order valence-electron chi connectivity index (χ0n) is 12.8. The highest BCUT2D eigenvalue weighted by Crippen LogP contribution is 2.57. The zero-order valence-corrected chi connectivity index (χ0v) is 13.6. The fourth-order valence-corrected chi connectivity index (χ4v) is 4.81. The number of hydrogen-bond acceptors (Lipinski definition) is 5. The third-order valence-corrected chi connectivity index (χ3v) is 5.92. The van der Waals surface area contributed by atoms with Crippen molar-refractivity contribution in [1.82, 2.24) is 0 Å². The molecule has 0 aromatic carbocycles. The van der Waals surface area contributed by atoms with E-state index in [1.54, 1.807) is 0 Å². The van der Waals surface area contributed by atoms with Crippen LogP contribution in [-0.4, -0.2) is 0 Å². The summed E-state index contributed by atoms with van der Waals surface area (Å²) in [6, 6.07) is 10.3. The van der Waals surface area contributed by atoms with Crippen LogP contribution in [0.15, 0.2) is 40.4 Å². The summed E-state index contributed by atoms with van der Waals surface area (Å²) in [5.41, 5.74) is 6.09. The van der Waals surface area contributed by atoms with Gasteiger partial charge in [-0.2, -0.15) is 15.8 Å². The van der Waals surface area contributed by atoms with E-state index in [2.05, 4.69) is 31.2 Å². The number of nitrogens with two attached hydrogens (primary N) is 1. The van der Waals surface area contributed by atoms with Crippen LogP contribution in [0.25, 0.3) is 0 Å². The molecule has 1 heterocycles. The maximum Gasteiger partial charge on any atom is 0.192 e. The molecule has 0 saturated carbocycles. The highest BCUT2D eigenvalue weighted by atomic mass is 32.1. The van der Waals surface area contributed by atoms with E-state index in [4.69, 9.17) is 5.73 Å². The van der Waals surface area contributed by atoms with E-state index in [1.165, 1.54) is 11.3 Å². The Hall–Kier alpha value is -2.55. The predicted molar refractivity (Wildman–Crippen MR) is 87.5 cm³/mol. The summed E-state index contributed by atoms with van der Waals surface area (Å²) >= 11 is 1.54. The van der Waals surface area contributed by atoms with Crippen molar-refractivity contribution < 1.29 is 0 Å².